The van der Waals surface area contributed by atoms with E-state index in [0.717, 1.165) is 17.3 Å². The van der Waals surface area contributed by atoms with Gasteiger partial charge in [0.2, 0.25) is 5.95 Å². The third-order valence-corrected chi connectivity index (χ3v) is 4.37. The van der Waals surface area contributed by atoms with Crippen molar-refractivity contribution in [1.29, 1.82) is 0 Å². The second kappa shape index (κ2) is 8.88. The first-order valence-corrected chi connectivity index (χ1v) is 9.14. The van der Waals surface area contributed by atoms with Crippen LogP contribution in [0.3, 0.4) is 0 Å². The zero-order valence-corrected chi connectivity index (χ0v) is 16.4. The maximum atomic E-state index is 14.3. The van der Waals surface area contributed by atoms with Gasteiger partial charge in [-0.3, -0.25) is 4.98 Å². The summed E-state index contributed by atoms with van der Waals surface area (Å²) in [5.41, 5.74) is 0.427. The lowest BCUT2D eigenvalue weighted by atomic mass is 10.2. The first-order valence-electron chi connectivity index (χ1n) is 9.14. The minimum atomic E-state index is -4.46. The van der Waals surface area contributed by atoms with E-state index in [9.17, 15) is 27.5 Å². The second-order valence-corrected chi connectivity index (χ2v) is 6.81. The maximum Gasteiger partial charge on any atom is 0.422 e. The molecule has 1 saturated heterocycles. The summed E-state index contributed by atoms with van der Waals surface area (Å²) in [4.78, 5) is 24.8. The predicted molar refractivity (Wildman–Crippen MR) is 99.1 cm³/mol. The largest absolute Gasteiger partial charge is 0.483 e. The van der Waals surface area contributed by atoms with Crippen LogP contribution in [-0.4, -0.2) is 57.7 Å². The number of aromatic nitrogens is 3. The van der Waals surface area contributed by atoms with Gasteiger partial charge in [0.1, 0.15) is 18.4 Å². The Kier molecular flexibility index (Phi) is 6.43. The zero-order valence-electron chi connectivity index (χ0n) is 16.4. The van der Waals surface area contributed by atoms with Crippen LogP contribution < -0.4 is 15.0 Å². The number of hydrogen-bond donors (Lipinski definition) is 2. The van der Waals surface area contributed by atoms with Gasteiger partial charge in [-0.1, -0.05) is 0 Å². The molecule has 13 heteroatoms. The number of ether oxygens (including phenoxy) is 2. The van der Waals surface area contributed by atoms with E-state index in [1.54, 1.807) is 6.92 Å². The van der Waals surface area contributed by atoms with Gasteiger partial charge < -0.3 is 19.9 Å². The van der Waals surface area contributed by atoms with Gasteiger partial charge in [0.25, 0.3) is 0 Å². The van der Waals surface area contributed by atoms with Crippen molar-refractivity contribution >= 4 is 17.9 Å². The van der Waals surface area contributed by atoms with Crippen LogP contribution >= 0.6 is 0 Å². The van der Waals surface area contributed by atoms with E-state index in [1.807, 2.05) is 0 Å². The third kappa shape index (κ3) is 5.48. The molecule has 0 spiro atoms. The SMILES string of the molecule is C[C@@H](Nc1ncc(F)c(N2C(=O)OC[C@@H]2[C@@H](C)O)n1)c1ccc(OCC(F)(F)F)cn1. The number of carbonyl (C=O) groups is 1. The van der Waals surface area contributed by atoms with Crippen LogP contribution in [0.25, 0.3) is 0 Å². The number of halogens is 4. The van der Waals surface area contributed by atoms with E-state index < -0.39 is 42.9 Å². The number of nitrogens with zero attached hydrogens (tertiary/aromatic N) is 4. The molecule has 0 saturated carbocycles. The Bertz CT molecular complexity index is 926. The molecule has 1 fully saturated rings. The van der Waals surface area contributed by atoms with Crippen LogP contribution in [0.5, 0.6) is 5.75 Å². The molecule has 3 atom stereocenters. The number of nitrogens with one attached hydrogen (secondary N) is 1. The Morgan fingerprint density at radius 2 is 2.06 bits per heavy atom. The van der Waals surface area contributed by atoms with Gasteiger partial charge in [-0.25, -0.2) is 19.1 Å². The topological polar surface area (TPSA) is 110 Å². The van der Waals surface area contributed by atoms with Crippen molar-refractivity contribution < 1.29 is 36.9 Å². The molecular formula is C18H19F4N5O4. The second-order valence-electron chi connectivity index (χ2n) is 6.81. The molecule has 31 heavy (non-hydrogen) atoms. The molecule has 2 aromatic rings. The molecule has 3 heterocycles. The molecule has 0 bridgehead atoms. The zero-order chi connectivity index (χ0) is 22.8. The number of alkyl halides is 3. The quantitative estimate of drug-likeness (QED) is 0.627. The molecular weight excluding hydrogens is 426 g/mol. The van der Waals surface area contributed by atoms with Crippen molar-refractivity contribution in [2.75, 3.05) is 23.4 Å². The van der Waals surface area contributed by atoms with Crippen molar-refractivity contribution in [1.82, 2.24) is 15.0 Å². The van der Waals surface area contributed by atoms with Crippen LogP contribution in [0.2, 0.25) is 0 Å². The highest BCUT2D eigenvalue weighted by molar-refractivity contribution is 5.89. The highest BCUT2D eigenvalue weighted by Gasteiger charge is 2.39. The van der Waals surface area contributed by atoms with Gasteiger partial charge in [0, 0.05) is 0 Å². The lowest BCUT2D eigenvalue weighted by molar-refractivity contribution is -0.153. The summed E-state index contributed by atoms with van der Waals surface area (Å²) >= 11 is 0. The molecule has 1 aliphatic heterocycles. The van der Waals surface area contributed by atoms with Crippen LogP contribution in [0.1, 0.15) is 25.6 Å². The van der Waals surface area contributed by atoms with Gasteiger partial charge in [-0.2, -0.15) is 18.2 Å². The molecule has 0 radical (unpaired) electrons. The van der Waals surface area contributed by atoms with Gasteiger partial charge >= 0.3 is 12.3 Å². The molecule has 3 rings (SSSR count). The van der Waals surface area contributed by atoms with Crippen molar-refractivity contribution in [3.05, 3.63) is 36.0 Å². The van der Waals surface area contributed by atoms with Crippen LogP contribution in [0, 0.1) is 5.82 Å². The van der Waals surface area contributed by atoms with Gasteiger partial charge in [-0.05, 0) is 26.0 Å². The number of anilines is 2. The maximum absolute atomic E-state index is 14.3. The number of aliphatic hydroxyl groups is 1. The number of amides is 1. The Labute approximate surface area is 174 Å². The molecule has 0 aromatic carbocycles. The fourth-order valence-electron chi connectivity index (χ4n) is 2.80. The highest BCUT2D eigenvalue weighted by atomic mass is 19.4. The smallest absolute Gasteiger partial charge is 0.422 e. The summed E-state index contributed by atoms with van der Waals surface area (Å²) in [5, 5.41) is 12.7. The Hall–Kier alpha value is -3.22. The molecule has 0 unspecified atom stereocenters. The molecule has 168 valence electrons. The lowest BCUT2D eigenvalue weighted by Gasteiger charge is -2.23. The van der Waals surface area contributed by atoms with Crippen molar-refractivity contribution in [2.45, 2.75) is 38.2 Å². The van der Waals surface area contributed by atoms with E-state index >= 15 is 0 Å². The number of pyridine rings is 1. The van der Waals surface area contributed by atoms with Crippen molar-refractivity contribution in [3.8, 4) is 5.75 Å². The molecule has 0 aliphatic carbocycles. The Morgan fingerprint density at radius 1 is 1.32 bits per heavy atom. The summed E-state index contributed by atoms with van der Waals surface area (Å²) in [6.07, 6.45) is -4.29. The number of cyclic esters (lactones) is 1. The number of rotatable bonds is 7. The third-order valence-electron chi connectivity index (χ3n) is 4.37. The van der Waals surface area contributed by atoms with Crippen LogP contribution in [0.4, 0.5) is 34.1 Å². The fourth-order valence-corrected chi connectivity index (χ4v) is 2.80. The predicted octanol–water partition coefficient (Wildman–Crippen LogP) is 2.83. The minimum Gasteiger partial charge on any atom is -0.483 e. The van der Waals surface area contributed by atoms with Crippen LogP contribution in [-0.2, 0) is 4.74 Å². The fraction of sp³-hybridized carbons (Fsp3) is 0.444. The standard InChI is InChI=1S/C18H19F4N5O4/c1-9(13-4-3-11(5-23-13)31-8-18(20,21)22)25-16-24-6-12(19)15(26-16)27-14(10(2)28)7-30-17(27)29/h3-6,9-10,14,28H,7-8H2,1-2H3,(H,24,25,26)/t9-,10-,14-/m1/s1. The van der Waals surface area contributed by atoms with Gasteiger partial charge in [0.05, 0.1) is 30.2 Å². The average molecular weight is 445 g/mol. The average Bonchev–Trinajstić information content (AvgIpc) is 3.09. The molecule has 1 aliphatic rings. The molecule has 1 amide bonds. The van der Waals surface area contributed by atoms with Gasteiger partial charge in [0.15, 0.2) is 18.2 Å². The molecule has 2 N–H and O–H groups in total. The Morgan fingerprint density at radius 3 is 2.68 bits per heavy atom. The van der Waals surface area contributed by atoms with Crippen LogP contribution in [0.15, 0.2) is 24.5 Å². The first kappa shape index (κ1) is 22.5. The van der Waals surface area contributed by atoms with E-state index in [4.69, 9.17) is 4.74 Å². The highest BCUT2D eigenvalue weighted by Crippen LogP contribution is 2.27. The minimum absolute atomic E-state index is 0.0351. The van der Waals surface area contributed by atoms with E-state index in [2.05, 4.69) is 25.0 Å². The Balaban J connectivity index is 1.73. The number of carbonyl (C=O) groups excluding carboxylic acids is 1. The summed E-state index contributed by atoms with van der Waals surface area (Å²) in [6.45, 7) is 1.56. The summed E-state index contributed by atoms with van der Waals surface area (Å²) in [6, 6.07) is 1.45. The normalized spacial score (nSPS) is 18.5. The summed E-state index contributed by atoms with van der Waals surface area (Å²) in [7, 11) is 0. The lowest BCUT2D eigenvalue weighted by Crippen LogP contribution is -2.42. The van der Waals surface area contributed by atoms with Crippen molar-refractivity contribution in [2.24, 2.45) is 0 Å². The molecule has 2 aromatic heterocycles. The van der Waals surface area contributed by atoms with E-state index in [1.165, 1.54) is 19.1 Å². The van der Waals surface area contributed by atoms with Crippen molar-refractivity contribution in [3.63, 3.8) is 0 Å². The number of hydrogen-bond acceptors (Lipinski definition) is 8. The number of aliphatic hydroxyl groups excluding tert-OH is 1. The first-order chi connectivity index (χ1) is 14.5. The monoisotopic (exact) mass is 445 g/mol. The van der Waals surface area contributed by atoms with E-state index in [0.29, 0.717) is 5.69 Å². The summed E-state index contributed by atoms with van der Waals surface area (Å²) < 4.78 is 60.4. The van der Waals surface area contributed by atoms with E-state index in [-0.39, 0.29) is 24.1 Å². The van der Waals surface area contributed by atoms with Gasteiger partial charge in [-0.15, -0.1) is 0 Å². The molecule has 9 nitrogen and oxygen atoms in total. The summed E-state index contributed by atoms with van der Waals surface area (Å²) in [5.74, 6) is -1.33.